The highest BCUT2D eigenvalue weighted by Gasteiger charge is 2.30. The molecule has 1 saturated heterocycles. The van der Waals surface area contributed by atoms with E-state index < -0.39 is 5.82 Å². The van der Waals surface area contributed by atoms with Crippen molar-refractivity contribution < 1.29 is 9.18 Å². The van der Waals surface area contributed by atoms with Crippen LogP contribution in [0.2, 0.25) is 0 Å². The van der Waals surface area contributed by atoms with Gasteiger partial charge in [-0.1, -0.05) is 24.3 Å². The van der Waals surface area contributed by atoms with Crippen LogP contribution in [0.15, 0.2) is 48.5 Å². The molecular weight excluding hydrogens is 337 g/mol. The predicted octanol–water partition coefficient (Wildman–Crippen LogP) is 4.21. The Balaban J connectivity index is 1.48. The number of rotatable bonds is 4. The summed E-state index contributed by atoms with van der Waals surface area (Å²) >= 11 is 1.69. The summed E-state index contributed by atoms with van der Waals surface area (Å²) in [7, 11) is 0. The third-order valence-corrected chi connectivity index (χ3v) is 5.59. The number of aromatic nitrogens is 1. The van der Waals surface area contributed by atoms with E-state index in [-0.39, 0.29) is 24.2 Å². The van der Waals surface area contributed by atoms with E-state index in [1.54, 1.807) is 29.5 Å². The highest BCUT2D eigenvalue weighted by Crippen LogP contribution is 2.36. The smallest absolute Gasteiger partial charge is 0.238 e. The Bertz CT molecular complexity index is 877. The Kier molecular flexibility index (Phi) is 4.46. The quantitative estimate of drug-likeness (QED) is 0.762. The number of anilines is 1. The SMILES string of the molecule is O=C(CN1CCC[C@@H]1c1nc2ccccc2s1)Nc1ccccc1F. The lowest BCUT2D eigenvalue weighted by Gasteiger charge is -2.22. The number of carbonyl (C=O) groups excluding carboxylic acids is 1. The molecule has 1 fully saturated rings. The van der Waals surface area contributed by atoms with Crippen LogP contribution in [-0.2, 0) is 4.79 Å². The van der Waals surface area contributed by atoms with Crippen molar-refractivity contribution in [3.05, 3.63) is 59.4 Å². The Hall–Kier alpha value is -2.31. The maximum Gasteiger partial charge on any atom is 0.238 e. The van der Waals surface area contributed by atoms with Crippen LogP contribution in [-0.4, -0.2) is 28.9 Å². The van der Waals surface area contributed by atoms with Gasteiger partial charge in [-0.2, -0.15) is 0 Å². The molecule has 1 aliphatic rings. The molecule has 0 bridgehead atoms. The number of fused-ring (bicyclic) bond motifs is 1. The van der Waals surface area contributed by atoms with Crippen LogP contribution in [0.5, 0.6) is 0 Å². The van der Waals surface area contributed by atoms with Gasteiger partial charge in [0, 0.05) is 0 Å². The van der Waals surface area contributed by atoms with Gasteiger partial charge in [-0.05, 0) is 43.7 Å². The van der Waals surface area contributed by atoms with Crippen molar-refractivity contribution in [1.29, 1.82) is 0 Å². The first kappa shape index (κ1) is 16.2. The van der Waals surface area contributed by atoms with Crippen molar-refractivity contribution in [1.82, 2.24) is 9.88 Å². The number of carbonyl (C=O) groups is 1. The molecular formula is C19H18FN3OS. The fourth-order valence-corrected chi connectivity index (χ4v) is 4.40. The third-order valence-electron chi connectivity index (χ3n) is 4.45. The van der Waals surface area contributed by atoms with Gasteiger partial charge in [0.15, 0.2) is 0 Å². The predicted molar refractivity (Wildman–Crippen MR) is 98.2 cm³/mol. The van der Waals surface area contributed by atoms with Crippen molar-refractivity contribution in [2.75, 3.05) is 18.4 Å². The normalized spacial score (nSPS) is 17.9. The number of nitrogens with zero attached hydrogens (tertiary/aromatic N) is 2. The number of hydrogen-bond donors (Lipinski definition) is 1. The lowest BCUT2D eigenvalue weighted by atomic mass is 10.2. The number of likely N-dealkylation sites (tertiary alicyclic amines) is 1. The standard InChI is InChI=1S/C19H18FN3OS/c20-13-6-1-2-7-14(13)21-18(24)12-23-11-5-9-16(23)19-22-15-8-3-4-10-17(15)25-19/h1-4,6-8,10,16H,5,9,11-12H2,(H,21,24)/t16-/m1/s1. The van der Waals surface area contributed by atoms with E-state index in [2.05, 4.69) is 16.3 Å². The van der Waals surface area contributed by atoms with Crippen LogP contribution in [0.3, 0.4) is 0 Å². The van der Waals surface area contributed by atoms with Crippen molar-refractivity contribution >= 4 is 33.1 Å². The Morgan fingerprint density at radius 3 is 2.88 bits per heavy atom. The molecule has 1 aliphatic heterocycles. The Labute approximate surface area is 149 Å². The molecule has 25 heavy (non-hydrogen) atoms. The Morgan fingerprint density at radius 2 is 2.04 bits per heavy atom. The zero-order valence-electron chi connectivity index (χ0n) is 13.6. The second-order valence-corrected chi connectivity index (χ2v) is 7.24. The molecule has 2 aromatic carbocycles. The lowest BCUT2D eigenvalue weighted by Crippen LogP contribution is -2.33. The summed E-state index contributed by atoms with van der Waals surface area (Å²) in [5, 5.41) is 3.72. The average molecular weight is 355 g/mol. The fourth-order valence-electron chi connectivity index (χ4n) is 3.26. The van der Waals surface area contributed by atoms with E-state index in [9.17, 15) is 9.18 Å². The van der Waals surface area contributed by atoms with Crippen molar-refractivity contribution in [3.63, 3.8) is 0 Å². The van der Waals surface area contributed by atoms with Gasteiger partial charge in [0.1, 0.15) is 10.8 Å². The van der Waals surface area contributed by atoms with Crippen LogP contribution in [0.1, 0.15) is 23.9 Å². The minimum atomic E-state index is -0.417. The van der Waals surface area contributed by atoms with E-state index in [0.29, 0.717) is 0 Å². The van der Waals surface area contributed by atoms with Crippen LogP contribution in [0.4, 0.5) is 10.1 Å². The van der Waals surface area contributed by atoms with Crippen LogP contribution in [0, 0.1) is 5.82 Å². The molecule has 1 atom stereocenters. The number of halogens is 1. The number of thiazole rings is 1. The first-order chi connectivity index (χ1) is 12.2. The second-order valence-electron chi connectivity index (χ2n) is 6.18. The molecule has 6 heteroatoms. The molecule has 128 valence electrons. The summed E-state index contributed by atoms with van der Waals surface area (Å²) in [5.74, 6) is -0.613. The maximum atomic E-state index is 13.7. The largest absolute Gasteiger partial charge is 0.322 e. The number of benzene rings is 2. The summed E-state index contributed by atoms with van der Waals surface area (Å²) < 4.78 is 14.9. The third kappa shape index (κ3) is 3.41. The van der Waals surface area contributed by atoms with Gasteiger partial charge in [0.25, 0.3) is 0 Å². The maximum absolute atomic E-state index is 13.7. The average Bonchev–Trinajstić information content (AvgIpc) is 3.23. The zero-order chi connectivity index (χ0) is 17.2. The van der Waals surface area contributed by atoms with Gasteiger partial charge in [0.05, 0.1) is 28.5 Å². The highest BCUT2D eigenvalue weighted by atomic mass is 32.1. The van der Waals surface area contributed by atoms with Crippen molar-refractivity contribution in [2.24, 2.45) is 0 Å². The monoisotopic (exact) mass is 355 g/mol. The van der Waals surface area contributed by atoms with Crippen molar-refractivity contribution in [2.45, 2.75) is 18.9 Å². The molecule has 0 aliphatic carbocycles. The molecule has 0 radical (unpaired) electrons. The summed E-state index contributed by atoms with van der Waals surface area (Å²) in [5.41, 5.74) is 1.23. The minimum absolute atomic E-state index is 0.156. The van der Waals surface area contributed by atoms with Crippen LogP contribution < -0.4 is 5.32 Å². The fraction of sp³-hybridized carbons (Fsp3) is 0.263. The highest BCUT2D eigenvalue weighted by molar-refractivity contribution is 7.18. The van der Waals surface area contributed by atoms with Crippen LogP contribution in [0.25, 0.3) is 10.2 Å². The first-order valence-corrected chi connectivity index (χ1v) is 9.16. The second kappa shape index (κ2) is 6.90. The van der Waals surface area contributed by atoms with Crippen molar-refractivity contribution in [3.8, 4) is 0 Å². The topological polar surface area (TPSA) is 45.2 Å². The molecule has 0 saturated carbocycles. The van der Waals surface area contributed by atoms with E-state index in [0.717, 1.165) is 29.9 Å². The summed E-state index contributed by atoms with van der Waals surface area (Å²) in [6.45, 7) is 1.10. The molecule has 3 aromatic rings. The molecule has 1 N–H and O–H groups in total. The first-order valence-electron chi connectivity index (χ1n) is 8.34. The summed E-state index contributed by atoms with van der Waals surface area (Å²) in [4.78, 5) is 19.2. The van der Waals surface area contributed by atoms with Gasteiger partial charge in [-0.15, -0.1) is 11.3 Å². The molecule has 1 amide bonds. The number of nitrogens with one attached hydrogen (secondary N) is 1. The molecule has 2 heterocycles. The molecule has 0 unspecified atom stereocenters. The zero-order valence-corrected chi connectivity index (χ0v) is 14.4. The number of para-hydroxylation sites is 2. The van der Waals surface area contributed by atoms with Gasteiger partial charge < -0.3 is 5.32 Å². The molecule has 1 aromatic heterocycles. The van der Waals surface area contributed by atoms with Gasteiger partial charge in [-0.25, -0.2) is 9.37 Å². The minimum Gasteiger partial charge on any atom is -0.322 e. The van der Waals surface area contributed by atoms with Gasteiger partial charge in [0.2, 0.25) is 5.91 Å². The Morgan fingerprint density at radius 1 is 1.24 bits per heavy atom. The van der Waals surface area contributed by atoms with Gasteiger partial charge in [-0.3, -0.25) is 9.69 Å². The molecule has 4 nitrogen and oxygen atoms in total. The summed E-state index contributed by atoms with van der Waals surface area (Å²) in [6.07, 6.45) is 2.03. The molecule has 4 rings (SSSR count). The number of hydrogen-bond acceptors (Lipinski definition) is 4. The van der Waals surface area contributed by atoms with E-state index >= 15 is 0 Å². The lowest BCUT2D eigenvalue weighted by molar-refractivity contribution is -0.117. The number of amides is 1. The molecule has 0 spiro atoms. The van der Waals surface area contributed by atoms with E-state index in [1.807, 2.05) is 18.2 Å². The summed E-state index contributed by atoms with van der Waals surface area (Å²) in [6, 6.07) is 14.5. The van der Waals surface area contributed by atoms with E-state index in [4.69, 9.17) is 4.98 Å². The van der Waals surface area contributed by atoms with Gasteiger partial charge >= 0.3 is 0 Å². The van der Waals surface area contributed by atoms with Crippen LogP contribution >= 0.6 is 11.3 Å². The van der Waals surface area contributed by atoms with E-state index in [1.165, 1.54) is 10.8 Å².